The lowest BCUT2D eigenvalue weighted by molar-refractivity contribution is -0.384. The number of hydrogen-bond donors (Lipinski definition) is 2. The van der Waals surface area contributed by atoms with Crippen molar-refractivity contribution >= 4 is 15.7 Å². The molecule has 0 aliphatic heterocycles. The number of nitrogens with one attached hydrogen (secondary N) is 1. The Morgan fingerprint density at radius 2 is 1.83 bits per heavy atom. The molecule has 1 fully saturated rings. The Kier molecular flexibility index (Phi) is 3.33. The van der Waals surface area contributed by atoms with Crippen molar-refractivity contribution < 1.29 is 13.3 Å². The van der Waals surface area contributed by atoms with Crippen molar-refractivity contribution in [1.29, 1.82) is 0 Å². The van der Waals surface area contributed by atoms with Gasteiger partial charge in [0.15, 0.2) is 0 Å². The highest BCUT2D eigenvalue weighted by molar-refractivity contribution is 7.89. The average molecular weight is 271 g/mol. The maximum absolute atomic E-state index is 11.9. The minimum absolute atomic E-state index is 0.0218. The predicted molar refractivity (Wildman–Crippen MR) is 64.4 cm³/mol. The summed E-state index contributed by atoms with van der Waals surface area (Å²) in [6.07, 6.45) is 1.23. The Balaban J connectivity index is 2.12. The summed E-state index contributed by atoms with van der Waals surface area (Å²) >= 11 is 0. The number of benzene rings is 1. The quantitative estimate of drug-likeness (QED) is 0.606. The smallest absolute Gasteiger partial charge is 0.269 e. The zero-order valence-electron chi connectivity index (χ0n) is 9.44. The number of non-ortho nitro benzene ring substituents is 1. The number of sulfonamides is 1. The second kappa shape index (κ2) is 4.63. The third kappa shape index (κ3) is 2.66. The van der Waals surface area contributed by atoms with E-state index in [1.54, 1.807) is 0 Å². The third-order valence-corrected chi connectivity index (χ3v) is 4.39. The van der Waals surface area contributed by atoms with Gasteiger partial charge in [-0.15, -0.1) is 0 Å². The first kappa shape index (κ1) is 12.9. The highest BCUT2D eigenvalue weighted by Gasteiger charge is 2.30. The molecule has 0 amide bonds. The summed E-state index contributed by atoms with van der Waals surface area (Å²) in [4.78, 5) is 9.91. The molecule has 1 aromatic carbocycles. The summed E-state index contributed by atoms with van der Waals surface area (Å²) in [5.41, 5.74) is 5.43. The van der Waals surface area contributed by atoms with Gasteiger partial charge in [-0.25, -0.2) is 13.1 Å². The van der Waals surface area contributed by atoms with Crippen LogP contribution in [0.25, 0.3) is 0 Å². The van der Waals surface area contributed by atoms with Gasteiger partial charge in [-0.3, -0.25) is 10.1 Å². The summed E-state index contributed by atoms with van der Waals surface area (Å²) in [6.45, 7) is 0. The predicted octanol–water partition coefficient (Wildman–Crippen LogP) is 0.363. The maximum atomic E-state index is 11.9. The minimum Gasteiger partial charge on any atom is -0.328 e. The lowest BCUT2D eigenvalue weighted by Gasteiger charge is -2.32. The molecule has 18 heavy (non-hydrogen) atoms. The number of nitrogens with zero attached hydrogens (tertiary/aromatic N) is 1. The molecule has 8 heteroatoms. The third-order valence-electron chi connectivity index (χ3n) is 2.85. The monoisotopic (exact) mass is 271 g/mol. The summed E-state index contributed by atoms with van der Waals surface area (Å²) in [5.74, 6) is 0. The van der Waals surface area contributed by atoms with Crippen LogP contribution in [0.4, 0.5) is 5.69 Å². The van der Waals surface area contributed by atoms with Crippen LogP contribution in [0.1, 0.15) is 12.8 Å². The lowest BCUT2D eigenvalue weighted by atomic mass is 9.89. The van der Waals surface area contributed by atoms with Crippen LogP contribution >= 0.6 is 0 Å². The molecule has 1 aliphatic carbocycles. The molecule has 0 saturated heterocycles. The van der Waals surface area contributed by atoms with E-state index in [-0.39, 0.29) is 22.7 Å². The van der Waals surface area contributed by atoms with Crippen LogP contribution in [0.3, 0.4) is 0 Å². The highest BCUT2D eigenvalue weighted by Crippen LogP contribution is 2.21. The number of nitro groups is 1. The second-order valence-electron chi connectivity index (χ2n) is 4.30. The van der Waals surface area contributed by atoms with Crippen LogP contribution in [0.2, 0.25) is 0 Å². The van der Waals surface area contributed by atoms with Gasteiger partial charge < -0.3 is 5.73 Å². The van der Waals surface area contributed by atoms with Gasteiger partial charge in [-0.2, -0.15) is 0 Å². The van der Waals surface area contributed by atoms with Gasteiger partial charge in [0.2, 0.25) is 10.0 Å². The topological polar surface area (TPSA) is 115 Å². The van der Waals surface area contributed by atoms with E-state index in [4.69, 9.17) is 5.73 Å². The van der Waals surface area contributed by atoms with Crippen LogP contribution in [0.5, 0.6) is 0 Å². The molecule has 0 atom stereocenters. The van der Waals surface area contributed by atoms with E-state index in [0.29, 0.717) is 12.8 Å². The van der Waals surface area contributed by atoms with Crippen molar-refractivity contribution in [2.75, 3.05) is 0 Å². The maximum Gasteiger partial charge on any atom is 0.269 e. The Morgan fingerprint density at radius 3 is 2.28 bits per heavy atom. The van der Waals surface area contributed by atoms with E-state index in [9.17, 15) is 18.5 Å². The molecule has 1 aromatic rings. The summed E-state index contributed by atoms with van der Waals surface area (Å²) in [7, 11) is -3.61. The van der Waals surface area contributed by atoms with Crippen LogP contribution in [0, 0.1) is 10.1 Å². The molecule has 1 aliphatic rings. The molecule has 0 heterocycles. The molecule has 0 radical (unpaired) electrons. The number of hydrogen-bond acceptors (Lipinski definition) is 5. The van der Waals surface area contributed by atoms with Gasteiger partial charge in [-0.05, 0) is 25.0 Å². The van der Waals surface area contributed by atoms with E-state index in [1.807, 2.05) is 0 Å². The first-order chi connectivity index (χ1) is 8.38. The molecule has 98 valence electrons. The average Bonchev–Trinajstić information content (AvgIpc) is 2.27. The van der Waals surface area contributed by atoms with E-state index < -0.39 is 14.9 Å². The van der Waals surface area contributed by atoms with Crippen LogP contribution in [-0.4, -0.2) is 25.4 Å². The minimum atomic E-state index is -3.61. The molecule has 3 N–H and O–H groups in total. The van der Waals surface area contributed by atoms with Crippen LogP contribution < -0.4 is 10.5 Å². The fraction of sp³-hybridized carbons (Fsp3) is 0.400. The summed E-state index contributed by atoms with van der Waals surface area (Å²) in [5, 5.41) is 10.5. The fourth-order valence-corrected chi connectivity index (χ4v) is 3.05. The second-order valence-corrected chi connectivity index (χ2v) is 6.01. The van der Waals surface area contributed by atoms with E-state index in [2.05, 4.69) is 4.72 Å². The van der Waals surface area contributed by atoms with Crippen LogP contribution in [-0.2, 0) is 10.0 Å². The van der Waals surface area contributed by atoms with E-state index in [1.165, 1.54) is 24.3 Å². The largest absolute Gasteiger partial charge is 0.328 e. The zero-order valence-corrected chi connectivity index (χ0v) is 10.3. The standard InChI is InChI=1S/C10H13N3O4S/c11-7-5-8(6-7)12-18(16,17)10-3-1-9(2-4-10)13(14)15/h1-4,7-8,12H,5-6,11H2. The Morgan fingerprint density at radius 1 is 1.28 bits per heavy atom. The first-order valence-electron chi connectivity index (χ1n) is 5.41. The molecule has 1 saturated carbocycles. The number of rotatable bonds is 4. The number of nitro benzene ring substituents is 1. The normalized spacial score (nSPS) is 23.4. The van der Waals surface area contributed by atoms with Crippen molar-refractivity contribution in [3.05, 3.63) is 34.4 Å². The van der Waals surface area contributed by atoms with Crippen molar-refractivity contribution in [3.8, 4) is 0 Å². The van der Waals surface area contributed by atoms with Crippen molar-refractivity contribution in [2.45, 2.75) is 29.8 Å². The van der Waals surface area contributed by atoms with Gasteiger partial charge in [-0.1, -0.05) is 0 Å². The van der Waals surface area contributed by atoms with Gasteiger partial charge in [0, 0.05) is 24.2 Å². The SMILES string of the molecule is NC1CC(NS(=O)(=O)c2ccc([N+](=O)[O-])cc2)C1. The van der Waals surface area contributed by atoms with Gasteiger partial charge in [0.1, 0.15) is 0 Å². The van der Waals surface area contributed by atoms with Crippen LogP contribution in [0.15, 0.2) is 29.2 Å². The molecule has 0 bridgehead atoms. The van der Waals surface area contributed by atoms with E-state index >= 15 is 0 Å². The number of nitrogens with two attached hydrogens (primary N) is 1. The van der Waals surface area contributed by atoms with Gasteiger partial charge in [0.25, 0.3) is 5.69 Å². The van der Waals surface area contributed by atoms with E-state index in [0.717, 1.165) is 0 Å². The molecule has 7 nitrogen and oxygen atoms in total. The fourth-order valence-electron chi connectivity index (χ4n) is 1.79. The van der Waals surface area contributed by atoms with Gasteiger partial charge in [0.05, 0.1) is 9.82 Å². The van der Waals surface area contributed by atoms with Gasteiger partial charge >= 0.3 is 0 Å². The molecule has 0 aromatic heterocycles. The molecular weight excluding hydrogens is 258 g/mol. The summed E-state index contributed by atoms with van der Waals surface area (Å²) in [6, 6.07) is 4.69. The highest BCUT2D eigenvalue weighted by atomic mass is 32.2. The van der Waals surface area contributed by atoms with Crippen molar-refractivity contribution in [1.82, 2.24) is 4.72 Å². The Bertz CT molecular complexity index is 549. The molecule has 2 rings (SSSR count). The lowest BCUT2D eigenvalue weighted by Crippen LogP contribution is -2.50. The summed E-state index contributed by atoms with van der Waals surface area (Å²) < 4.78 is 26.3. The molecular formula is C10H13N3O4S. The molecule has 0 spiro atoms. The Labute approximate surface area is 104 Å². The Hall–Kier alpha value is -1.51. The first-order valence-corrected chi connectivity index (χ1v) is 6.89. The van der Waals surface area contributed by atoms with Crippen molar-refractivity contribution in [2.24, 2.45) is 5.73 Å². The molecule has 0 unspecified atom stereocenters. The van der Waals surface area contributed by atoms with Crippen molar-refractivity contribution in [3.63, 3.8) is 0 Å². The zero-order chi connectivity index (χ0) is 13.3.